The molecule has 1 unspecified atom stereocenters. The number of halogens is 4. The van der Waals surface area contributed by atoms with Crippen LogP contribution in [0.2, 0.25) is 0 Å². The number of hydrogen-bond acceptors (Lipinski definition) is 5. The highest BCUT2D eigenvalue weighted by Gasteiger charge is 2.44. The van der Waals surface area contributed by atoms with Crippen LogP contribution in [0.4, 0.5) is 13.2 Å². The van der Waals surface area contributed by atoms with E-state index >= 15 is 0 Å². The van der Waals surface area contributed by atoms with Crippen LogP contribution in [0, 0.1) is 13.8 Å². The molecule has 0 aliphatic carbocycles. The second kappa shape index (κ2) is 9.42. The van der Waals surface area contributed by atoms with Crippen molar-refractivity contribution in [3.63, 3.8) is 0 Å². The molecule has 1 aromatic rings. The van der Waals surface area contributed by atoms with E-state index in [2.05, 4.69) is 10.0 Å². The summed E-state index contributed by atoms with van der Waals surface area (Å²) in [7, 11) is -2.61. The number of piperazine rings is 1. The first-order valence-corrected chi connectivity index (χ1v) is 9.71. The molecule has 1 saturated heterocycles. The van der Waals surface area contributed by atoms with Gasteiger partial charge in [0.1, 0.15) is 11.8 Å². The monoisotopic (exact) mass is 431 g/mol. The zero-order chi connectivity index (χ0) is 19.5. The van der Waals surface area contributed by atoms with E-state index in [1.54, 1.807) is 13.8 Å². The standard InChI is InChI=1S/C16H24F3N3O3S.ClH/c1-11-12(2)14(5-4-13(11)25-3)26(23,24)21-10-15(16(17,18)19)22-8-6-20-7-9-22;/h4-5,15,20-21H,6-10H2,1-3H3;1H. The van der Waals surface area contributed by atoms with Gasteiger partial charge in [0.25, 0.3) is 0 Å². The second-order valence-electron chi connectivity index (χ2n) is 6.21. The van der Waals surface area contributed by atoms with Crippen LogP contribution >= 0.6 is 12.4 Å². The van der Waals surface area contributed by atoms with E-state index in [4.69, 9.17) is 4.74 Å². The van der Waals surface area contributed by atoms with Gasteiger partial charge in [-0.25, -0.2) is 13.1 Å². The lowest BCUT2D eigenvalue weighted by atomic mass is 10.1. The van der Waals surface area contributed by atoms with E-state index < -0.39 is 28.8 Å². The van der Waals surface area contributed by atoms with Gasteiger partial charge in [-0.05, 0) is 37.1 Å². The Morgan fingerprint density at radius 3 is 2.33 bits per heavy atom. The Hall–Kier alpha value is -1.07. The highest BCUT2D eigenvalue weighted by molar-refractivity contribution is 7.89. The fraction of sp³-hybridized carbons (Fsp3) is 0.625. The lowest BCUT2D eigenvalue weighted by Gasteiger charge is -2.35. The molecule has 27 heavy (non-hydrogen) atoms. The van der Waals surface area contributed by atoms with E-state index in [1.807, 2.05) is 0 Å². The molecule has 0 spiro atoms. The Kier molecular flexibility index (Phi) is 8.36. The van der Waals surface area contributed by atoms with E-state index in [-0.39, 0.29) is 30.4 Å². The third kappa shape index (κ3) is 5.71. The molecule has 0 bridgehead atoms. The van der Waals surface area contributed by atoms with Crippen molar-refractivity contribution in [3.8, 4) is 5.75 Å². The molecule has 0 aromatic heterocycles. The minimum absolute atomic E-state index is 0. The summed E-state index contributed by atoms with van der Waals surface area (Å²) in [6.45, 7) is 3.89. The number of rotatable bonds is 6. The Labute approximate surface area is 163 Å². The van der Waals surface area contributed by atoms with Crippen LogP contribution in [0.3, 0.4) is 0 Å². The molecule has 1 fully saturated rings. The maximum atomic E-state index is 13.4. The maximum absolute atomic E-state index is 13.4. The van der Waals surface area contributed by atoms with E-state index in [9.17, 15) is 21.6 Å². The van der Waals surface area contributed by atoms with E-state index in [1.165, 1.54) is 24.1 Å². The van der Waals surface area contributed by atoms with Crippen molar-refractivity contribution in [2.45, 2.75) is 31.0 Å². The van der Waals surface area contributed by atoms with Gasteiger partial charge in [-0.3, -0.25) is 4.90 Å². The number of benzene rings is 1. The molecule has 1 aromatic carbocycles. The number of methoxy groups -OCH3 is 1. The quantitative estimate of drug-likeness (QED) is 0.719. The summed E-state index contributed by atoms with van der Waals surface area (Å²) in [5, 5.41) is 2.98. The molecule has 0 amide bonds. The van der Waals surface area contributed by atoms with Crippen LogP contribution in [0.15, 0.2) is 17.0 Å². The van der Waals surface area contributed by atoms with Gasteiger partial charge in [-0.2, -0.15) is 13.2 Å². The molecule has 2 N–H and O–H groups in total. The van der Waals surface area contributed by atoms with Gasteiger partial charge in [0, 0.05) is 32.7 Å². The molecular weight excluding hydrogens is 407 g/mol. The van der Waals surface area contributed by atoms with Gasteiger partial charge in [0.2, 0.25) is 10.0 Å². The molecule has 1 heterocycles. The normalized spacial score (nSPS) is 17.3. The SMILES string of the molecule is COc1ccc(S(=O)(=O)NCC(N2CCNCC2)C(F)(F)F)c(C)c1C.Cl. The summed E-state index contributed by atoms with van der Waals surface area (Å²) < 4.78 is 72.6. The maximum Gasteiger partial charge on any atom is 0.405 e. The third-order valence-electron chi connectivity index (χ3n) is 4.63. The van der Waals surface area contributed by atoms with Crippen molar-refractivity contribution < 1.29 is 26.3 Å². The Morgan fingerprint density at radius 2 is 1.81 bits per heavy atom. The van der Waals surface area contributed by atoms with Crippen LogP contribution in [0.1, 0.15) is 11.1 Å². The van der Waals surface area contributed by atoms with Crippen LogP contribution in [0.25, 0.3) is 0 Å². The van der Waals surface area contributed by atoms with Crippen molar-refractivity contribution in [1.29, 1.82) is 0 Å². The number of nitrogens with zero attached hydrogens (tertiary/aromatic N) is 1. The lowest BCUT2D eigenvalue weighted by molar-refractivity contribution is -0.182. The molecule has 1 aliphatic heterocycles. The summed E-state index contributed by atoms with van der Waals surface area (Å²) in [4.78, 5) is 1.21. The Morgan fingerprint density at radius 1 is 1.22 bits per heavy atom. The average Bonchev–Trinajstić information content (AvgIpc) is 2.57. The first-order valence-electron chi connectivity index (χ1n) is 8.23. The molecule has 0 radical (unpaired) electrons. The largest absolute Gasteiger partial charge is 0.496 e. The predicted octanol–water partition coefficient (Wildman–Crippen LogP) is 1.85. The van der Waals surface area contributed by atoms with Gasteiger partial charge < -0.3 is 10.1 Å². The van der Waals surface area contributed by atoms with Gasteiger partial charge >= 0.3 is 6.18 Å². The second-order valence-corrected chi connectivity index (χ2v) is 7.95. The van der Waals surface area contributed by atoms with Crippen molar-refractivity contribution in [2.75, 3.05) is 39.8 Å². The summed E-state index contributed by atoms with van der Waals surface area (Å²) in [6, 6.07) is 0.977. The fourth-order valence-corrected chi connectivity index (χ4v) is 4.33. The summed E-state index contributed by atoms with van der Waals surface area (Å²) in [6.07, 6.45) is -4.52. The average molecular weight is 432 g/mol. The first kappa shape index (κ1) is 24.0. The fourth-order valence-electron chi connectivity index (χ4n) is 3.00. The first-order chi connectivity index (χ1) is 12.1. The van der Waals surface area contributed by atoms with Crippen LogP contribution in [0.5, 0.6) is 5.75 Å². The molecule has 1 aliphatic rings. The number of sulfonamides is 1. The van der Waals surface area contributed by atoms with Crippen LogP contribution in [-0.2, 0) is 10.0 Å². The molecule has 6 nitrogen and oxygen atoms in total. The minimum atomic E-state index is -4.52. The Bertz CT molecular complexity index is 738. The zero-order valence-corrected chi connectivity index (χ0v) is 17.0. The molecule has 2 rings (SSSR count). The summed E-state index contributed by atoms with van der Waals surface area (Å²) >= 11 is 0. The number of ether oxygens (including phenoxy) is 1. The van der Waals surface area contributed by atoms with Gasteiger partial charge in [0.05, 0.1) is 12.0 Å². The molecule has 0 saturated carbocycles. The smallest absolute Gasteiger partial charge is 0.405 e. The van der Waals surface area contributed by atoms with Crippen molar-refractivity contribution >= 4 is 22.4 Å². The predicted molar refractivity (Wildman–Crippen MR) is 99.2 cm³/mol. The molecule has 156 valence electrons. The van der Waals surface area contributed by atoms with Crippen molar-refractivity contribution in [3.05, 3.63) is 23.3 Å². The molecular formula is C16H25ClF3N3O3S. The zero-order valence-electron chi connectivity index (χ0n) is 15.4. The highest BCUT2D eigenvalue weighted by atomic mass is 35.5. The van der Waals surface area contributed by atoms with E-state index in [0.29, 0.717) is 30.0 Å². The van der Waals surface area contributed by atoms with Crippen molar-refractivity contribution in [2.24, 2.45) is 0 Å². The number of alkyl halides is 3. The van der Waals surface area contributed by atoms with Crippen LogP contribution < -0.4 is 14.8 Å². The number of nitrogens with one attached hydrogen (secondary N) is 2. The summed E-state index contributed by atoms with van der Waals surface area (Å²) in [5.41, 5.74) is 1.08. The molecule has 11 heteroatoms. The van der Waals surface area contributed by atoms with Crippen LogP contribution in [-0.4, -0.2) is 65.4 Å². The van der Waals surface area contributed by atoms with Crippen molar-refractivity contribution in [1.82, 2.24) is 14.9 Å². The summed E-state index contributed by atoms with van der Waals surface area (Å²) in [5.74, 6) is 0.524. The van der Waals surface area contributed by atoms with Gasteiger partial charge in [-0.1, -0.05) is 0 Å². The Balaban J connectivity index is 0.00000364. The number of hydrogen-bond donors (Lipinski definition) is 2. The van der Waals surface area contributed by atoms with Gasteiger partial charge in [-0.15, -0.1) is 12.4 Å². The molecule has 1 atom stereocenters. The minimum Gasteiger partial charge on any atom is -0.496 e. The lowest BCUT2D eigenvalue weighted by Crippen LogP contribution is -2.57. The topological polar surface area (TPSA) is 70.7 Å². The highest BCUT2D eigenvalue weighted by Crippen LogP contribution is 2.28. The van der Waals surface area contributed by atoms with Gasteiger partial charge in [0.15, 0.2) is 0 Å². The van der Waals surface area contributed by atoms with E-state index in [0.717, 1.165) is 0 Å². The third-order valence-corrected chi connectivity index (χ3v) is 6.20.